The van der Waals surface area contributed by atoms with E-state index in [1.165, 1.54) is 0 Å². The summed E-state index contributed by atoms with van der Waals surface area (Å²) >= 11 is 0. The number of carbonyl (C=O) groups excluding carboxylic acids is 2. The van der Waals surface area contributed by atoms with Crippen LogP contribution in [-0.4, -0.2) is 11.9 Å². The number of rotatable bonds is 6. The Bertz CT molecular complexity index is 171. The minimum atomic E-state index is -1.10. The summed E-state index contributed by atoms with van der Waals surface area (Å²) in [5.74, 6) is -2.43. The van der Waals surface area contributed by atoms with Crippen LogP contribution in [-0.2, 0) is 9.59 Å². The van der Waals surface area contributed by atoms with Crippen LogP contribution in [0.1, 0.15) is 33.1 Å². The van der Waals surface area contributed by atoms with Gasteiger partial charge in [0.1, 0.15) is 0 Å². The van der Waals surface area contributed by atoms with Crippen molar-refractivity contribution in [1.29, 1.82) is 0 Å². The zero-order valence-electron chi connectivity index (χ0n) is 8.08. The van der Waals surface area contributed by atoms with Crippen molar-refractivity contribution in [2.24, 2.45) is 17.6 Å². The van der Waals surface area contributed by atoms with E-state index >= 15 is 0 Å². The number of primary amides is 1. The van der Waals surface area contributed by atoms with Crippen LogP contribution in [0, 0.1) is 11.8 Å². The summed E-state index contributed by atoms with van der Waals surface area (Å²) < 4.78 is 0. The van der Waals surface area contributed by atoms with Crippen molar-refractivity contribution < 1.29 is 14.7 Å². The van der Waals surface area contributed by atoms with E-state index in [-0.39, 0.29) is 5.92 Å². The molecule has 2 N–H and O–H groups in total. The van der Waals surface area contributed by atoms with Gasteiger partial charge in [0, 0.05) is 11.9 Å². The number of hydrogen-bond donors (Lipinski definition) is 1. The van der Waals surface area contributed by atoms with Gasteiger partial charge in [-0.25, -0.2) is 0 Å². The first-order chi connectivity index (χ1) is 6.02. The zero-order chi connectivity index (χ0) is 10.4. The Morgan fingerprint density at radius 1 is 1.23 bits per heavy atom. The number of nitrogens with two attached hydrogens (primary N) is 1. The van der Waals surface area contributed by atoms with E-state index in [2.05, 4.69) is 0 Å². The van der Waals surface area contributed by atoms with E-state index in [0.29, 0.717) is 19.3 Å². The average molecular weight is 186 g/mol. The summed E-state index contributed by atoms with van der Waals surface area (Å²) in [5.41, 5.74) is 5.10. The maximum atomic E-state index is 10.8. The summed E-state index contributed by atoms with van der Waals surface area (Å²) in [6.07, 6.45) is 1.36. The third kappa shape index (κ3) is 3.92. The number of aliphatic carboxylic acids is 1. The molecule has 0 radical (unpaired) electrons. The van der Waals surface area contributed by atoms with Gasteiger partial charge < -0.3 is 15.6 Å². The highest BCUT2D eigenvalue weighted by molar-refractivity contribution is 5.77. The third-order valence-corrected chi connectivity index (χ3v) is 2.29. The highest BCUT2D eigenvalue weighted by Gasteiger charge is 2.18. The minimum Gasteiger partial charge on any atom is -0.550 e. The number of carboxylic acid groups (broad SMARTS) is 1. The fourth-order valence-electron chi connectivity index (χ4n) is 1.26. The number of hydrogen-bond acceptors (Lipinski definition) is 3. The minimum absolute atomic E-state index is 0.296. The molecule has 0 aromatic rings. The van der Waals surface area contributed by atoms with E-state index in [0.717, 1.165) is 0 Å². The highest BCUT2D eigenvalue weighted by Crippen LogP contribution is 2.17. The SMILES string of the molecule is CCC(CC(CC)C(=O)[O-])C(N)=O. The first kappa shape index (κ1) is 11.9. The molecule has 0 heterocycles. The fraction of sp³-hybridized carbons (Fsp3) is 0.778. The molecule has 4 nitrogen and oxygen atoms in total. The lowest BCUT2D eigenvalue weighted by atomic mass is 9.90. The van der Waals surface area contributed by atoms with Gasteiger partial charge in [0.15, 0.2) is 0 Å². The van der Waals surface area contributed by atoms with Crippen molar-refractivity contribution in [3.05, 3.63) is 0 Å². The average Bonchev–Trinajstić information content (AvgIpc) is 2.05. The van der Waals surface area contributed by atoms with Crippen LogP contribution in [0.4, 0.5) is 0 Å². The fourth-order valence-corrected chi connectivity index (χ4v) is 1.26. The smallest absolute Gasteiger partial charge is 0.220 e. The second-order valence-corrected chi connectivity index (χ2v) is 3.17. The van der Waals surface area contributed by atoms with Crippen LogP contribution in [0.3, 0.4) is 0 Å². The van der Waals surface area contributed by atoms with Gasteiger partial charge in [-0.2, -0.15) is 0 Å². The van der Waals surface area contributed by atoms with Gasteiger partial charge in [0.25, 0.3) is 0 Å². The van der Waals surface area contributed by atoms with E-state index in [1.807, 2.05) is 6.92 Å². The van der Waals surface area contributed by atoms with Gasteiger partial charge in [-0.15, -0.1) is 0 Å². The standard InChI is InChI=1S/C9H17NO3/c1-3-6(8(10)11)5-7(4-2)9(12)13/h6-7H,3-5H2,1-2H3,(H2,10,11)(H,12,13)/p-1. The molecule has 0 rings (SSSR count). The predicted octanol–water partition coefficient (Wildman–Crippen LogP) is -0.336. The van der Waals surface area contributed by atoms with Gasteiger partial charge in [-0.1, -0.05) is 13.8 Å². The molecule has 0 aliphatic rings. The Balaban J connectivity index is 4.19. The molecular weight excluding hydrogens is 170 g/mol. The van der Waals surface area contributed by atoms with Crippen LogP contribution in [0.2, 0.25) is 0 Å². The van der Waals surface area contributed by atoms with Gasteiger partial charge in [-0.05, 0) is 25.2 Å². The van der Waals surface area contributed by atoms with Crippen LogP contribution in [0.15, 0.2) is 0 Å². The molecule has 0 saturated carbocycles. The van der Waals surface area contributed by atoms with Crippen molar-refractivity contribution in [1.82, 2.24) is 0 Å². The Kier molecular flexibility index (Phi) is 5.11. The van der Waals surface area contributed by atoms with Crippen LogP contribution >= 0.6 is 0 Å². The molecule has 4 heteroatoms. The van der Waals surface area contributed by atoms with Crippen LogP contribution < -0.4 is 10.8 Å². The molecule has 0 saturated heterocycles. The lowest BCUT2D eigenvalue weighted by Crippen LogP contribution is -2.34. The lowest BCUT2D eigenvalue weighted by molar-refractivity contribution is -0.312. The summed E-state index contributed by atoms with van der Waals surface area (Å²) in [6.45, 7) is 3.58. The molecule has 0 aliphatic carbocycles. The number of amides is 1. The quantitative estimate of drug-likeness (QED) is 0.616. The monoisotopic (exact) mass is 186 g/mol. The molecule has 0 fully saturated rings. The Morgan fingerprint density at radius 2 is 1.69 bits per heavy atom. The largest absolute Gasteiger partial charge is 0.550 e. The molecule has 1 amide bonds. The summed E-state index contributed by atoms with van der Waals surface area (Å²) in [7, 11) is 0. The van der Waals surface area contributed by atoms with Crippen molar-refractivity contribution in [3.8, 4) is 0 Å². The van der Waals surface area contributed by atoms with Gasteiger partial charge in [0.2, 0.25) is 5.91 Å². The molecular formula is C9H16NO3-. The summed E-state index contributed by atoms with van der Waals surface area (Å²) in [5, 5.41) is 10.5. The molecule has 13 heavy (non-hydrogen) atoms. The molecule has 0 bridgehead atoms. The van der Waals surface area contributed by atoms with Crippen molar-refractivity contribution >= 4 is 11.9 Å². The van der Waals surface area contributed by atoms with Crippen LogP contribution in [0.5, 0.6) is 0 Å². The highest BCUT2D eigenvalue weighted by atomic mass is 16.4. The maximum Gasteiger partial charge on any atom is 0.220 e. The molecule has 2 atom stereocenters. The first-order valence-corrected chi connectivity index (χ1v) is 4.53. The summed E-state index contributed by atoms with van der Waals surface area (Å²) in [4.78, 5) is 21.4. The lowest BCUT2D eigenvalue weighted by Gasteiger charge is -2.19. The van der Waals surface area contributed by atoms with Crippen LogP contribution in [0.25, 0.3) is 0 Å². The van der Waals surface area contributed by atoms with Gasteiger partial charge in [0.05, 0.1) is 0 Å². The molecule has 0 spiro atoms. The predicted molar refractivity (Wildman–Crippen MR) is 46.4 cm³/mol. The normalized spacial score (nSPS) is 14.9. The number of carbonyl (C=O) groups is 2. The third-order valence-electron chi connectivity index (χ3n) is 2.29. The van der Waals surface area contributed by atoms with Gasteiger partial charge in [-0.3, -0.25) is 4.79 Å². The molecule has 2 unspecified atom stereocenters. The Labute approximate surface area is 78.1 Å². The summed E-state index contributed by atoms with van der Waals surface area (Å²) in [6, 6.07) is 0. The molecule has 0 aliphatic heterocycles. The zero-order valence-corrected chi connectivity index (χ0v) is 8.08. The van der Waals surface area contributed by atoms with Gasteiger partial charge >= 0.3 is 0 Å². The Morgan fingerprint density at radius 3 is 1.92 bits per heavy atom. The molecule has 76 valence electrons. The van der Waals surface area contributed by atoms with E-state index < -0.39 is 17.8 Å². The second kappa shape index (κ2) is 5.56. The second-order valence-electron chi connectivity index (χ2n) is 3.17. The Hall–Kier alpha value is -1.06. The first-order valence-electron chi connectivity index (χ1n) is 4.53. The molecule has 0 aromatic heterocycles. The van der Waals surface area contributed by atoms with E-state index in [9.17, 15) is 14.7 Å². The van der Waals surface area contributed by atoms with Crippen molar-refractivity contribution in [2.75, 3.05) is 0 Å². The topological polar surface area (TPSA) is 83.2 Å². The van der Waals surface area contributed by atoms with Crippen molar-refractivity contribution in [2.45, 2.75) is 33.1 Å². The van der Waals surface area contributed by atoms with E-state index in [1.54, 1.807) is 6.92 Å². The maximum absolute atomic E-state index is 10.8. The number of carboxylic acids is 1. The molecule has 0 aromatic carbocycles. The van der Waals surface area contributed by atoms with E-state index in [4.69, 9.17) is 5.73 Å². The van der Waals surface area contributed by atoms with Crippen molar-refractivity contribution in [3.63, 3.8) is 0 Å².